The summed E-state index contributed by atoms with van der Waals surface area (Å²) in [7, 11) is 1.34. The zero-order valence-corrected chi connectivity index (χ0v) is 19.4. The molecule has 0 unspecified atom stereocenters. The third-order valence-electron chi connectivity index (χ3n) is 4.83. The number of sulfonamides is 1. The molecule has 29 heavy (non-hydrogen) atoms. The molecule has 0 atom stereocenters. The third kappa shape index (κ3) is 4.32. The molecular weight excluding hydrogens is 456 g/mol. The topological polar surface area (TPSA) is 67.5 Å². The number of hydrogen-bond acceptors (Lipinski definition) is 4. The lowest BCUT2D eigenvalue weighted by Gasteiger charge is -2.18. The van der Waals surface area contributed by atoms with E-state index in [1.165, 1.54) is 18.4 Å². The van der Waals surface area contributed by atoms with Crippen molar-refractivity contribution in [1.82, 2.24) is 18.3 Å². The fourth-order valence-electron chi connectivity index (χ4n) is 3.31. The highest BCUT2D eigenvalue weighted by molar-refractivity contribution is 9.10. The number of nitrogens with zero attached hydrogens (tertiary/aromatic N) is 4. The maximum Gasteiger partial charge on any atom is 0.330 e. The van der Waals surface area contributed by atoms with Crippen LogP contribution in [0.3, 0.4) is 0 Å². The van der Waals surface area contributed by atoms with Crippen molar-refractivity contribution in [2.45, 2.75) is 31.6 Å². The summed E-state index contributed by atoms with van der Waals surface area (Å²) in [5, 5.41) is 0. The second-order valence-corrected chi connectivity index (χ2v) is 10.2. The van der Waals surface area contributed by atoms with Crippen LogP contribution in [0.5, 0.6) is 0 Å². The van der Waals surface area contributed by atoms with Gasteiger partial charge in [0, 0.05) is 31.7 Å². The lowest BCUT2D eigenvalue weighted by Crippen LogP contribution is -2.30. The second-order valence-electron chi connectivity index (χ2n) is 7.17. The summed E-state index contributed by atoms with van der Waals surface area (Å²) in [6.07, 6.45) is 0. The summed E-state index contributed by atoms with van der Waals surface area (Å²) in [5.74, 6) is 0. The Bertz CT molecular complexity index is 1180. The Morgan fingerprint density at radius 3 is 2.21 bits per heavy atom. The van der Waals surface area contributed by atoms with Crippen LogP contribution in [0.2, 0.25) is 0 Å². The fraction of sp³-hybridized carbons (Fsp3) is 0.350. The Hall–Kier alpha value is -1.94. The van der Waals surface area contributed by atoms with Crippen molar-refractivity contribution < 1.29 is 8.42 Å². The van der Waals surface area contributed by atoms with E-state index >= 15 is 0 Å². The van der Waals surface area contributed by atoms with Crippen LogP contribution in [0.1, 0.15) is 12.5 Å². The quantitative estimate of drug-likeness (QED) is 0.521. The SMILES string of the molecule is CCn1c(=O)n(CN(C)Cc2ccc(Br)cc2)c2cc(S(=O)(=O)N(C)C)ccc21. The number of aromatic nitrogens is 2. The van der Waals surface area contributed by atoms with Gasteiger partial charge in [0.25, 0.3) is 0 Å². The molecule has 3 rings (SSSR count). The van der Waals surface area contributed by atoms with E-state index in [1.54, 1.807) is 27.3 Å². The normalized spacial score (nSPS) is 12.4. The van der Waals surface area contributed by atoms with Gasteiger partial charge in [-0.05, 0) is 49.9 Å². The van der Waals surface area contributed by atoms with E-state index in [0.717, 1.165) is 15.6 Å². The van der Waals surface area contributed by atoms with Gasteiger partial charge in [0.05, 0.1) is 22.6 Å². The van der Waals surface area contributed by atoms with E-state index in [9.17, 15) is 13.2 Å². The van der Waals surface area contributed by atoms with Gasteiger partial charge >= 0.3 is 5.69 Å². The van der Waals surface area contributed by atoms with Crippen molar-refractivity contribution in [3.63, 3.8) is 0 Å². The van der Waals surface area contributed by atoms with Crippen molar-refractivity contribution in [1.29, 1.82) is 0 Å². The van der Waals surface area contributed by atoms with E-state index in [2.05, 4.69) is 15.9 Å². The van der Waals surface area contributed by atoms with Crippen LogP contribution >= 0.6 is 15.9 Å². The molecule has 0 bridgehead atoms. The molecule has 0 spiro atoms. The van der Waals surface area contributed by atoms with Crippen molar-refractivity contribution in [3.05, 3.63) is 63.0 Å². The number of rotatable bonds is 7. The summed E-state index contributed by atoms with van der Waals surface area (Å²) < 4.78 is 30.6. The van der Waals surface area contributed by atoms with Gasteiger partial charge in [0.1, 0.15) is 0 Å². The minimum atomic E-state index is -3.59. The van der Waals surface area contributed by atoms with E-state index < -0.39 is 10.0 Å². The first-order valence-corrected chi connectivity index (χ1v) is 11.5. The number of fused-ring (bicyclic) bond motifs is 1. The van der Waals surface area contributed by atoms with Crippen LogP contribution in [0, 0.1) is 0 Å². The van der Waals surface area contributed by atoms with Crippen molar-refractivity contribution >= 4 is 37.0 Å². The number of hydrogen-bond donors (Lipinski definition) is 0. The fourth-order valence-corrected chi connectivity index (χ4v) is 4.49. The lowest BCUT2D eigenvalue weighted by atomic mass is 10.2. The number of benzene rings is 2. The van der Waals surface area contributed by atoms with Gasteiger partial charge in [-0.2, -0.15) is 0 Å². The molecule has 0 aliphatic heterocycles. The van der Waals surface area contributed by atoms with Crippen LogP contribution in [-0.2, 0) is 29.8 Å². The van der Waals surface area contributed by atoms with Gasteiger partial charge in [-0.3, -0.25) is 14.0 Å². The first-order valence-electron chi connectivity index (χ1n) is 9.23. The van der Waals surface area contributed by atoms with Gasteiger partial charge < -0.3 is 0 Å². The Balaban J connectivity index is 2.02. The van der Waals surface area contributed by atoms with Crippen LogP contribution in [-0.4, -0.2) is 47.9 Å². The van der Waals surface area contributed by atoms with Crippen molar-refractivity contribution in [2.24, 2.45) is 0 Å². The molecule has 7 nitrogen and oxygen atoms in total. The Morgan fingerprint density at radius 1 is 0.966 bits per heavy atom. The second kappa shape index (κ2) is 8.43. The molecule has 0 fully saturated rings. The first kappa shape index (κ1) is 21.8. The molecule has 0 amide bonds. The number of aryl methyl sites for hydroxylation is 1. The van der Waals surface area contributed by atoms with E-state index in [4.69, 9.17) is 0 Å². The molecule has 0 saturated carbocycles. The Labute approximate surface area is 179 Å². The third-order valence-corrected chi connectivity index (χ3v) is 7.17. The standard InChI is InChI=1S/C20H25BrN4O3S/c1-5-24-18-11-10-17(29(27,28)22(2)3)12-19(18)25(20(24)26)14-23(4)13-15-6-8-16(21)9-7-15/h6-12H,5,13-14H2,1-4H3. The summed E-state index contributed by atoms with van der Waals surface area (Å²) in [6.45, 7) is 3.43. The van der Waals surface area contributed by atoms with Gasteiger partial charge in [-0.15, -0.1) is 0 Å². The van der Waals surface area contributed by atoms with Gasteiger partial charge in [-0.25, -0.2) is 17.5 Å². The van der Waals surface area contributed by atoms with Gasteiger partial charge in [0.15, 0.2) is 0 Å². The van der Waals surface area contributed by atoms with E-state index in [0.29, 0.717) is 25.3 Å². The van der Waals surface area contributed by atoms with Crippen LogP contribution < -0.4 is 5.69 Å². The molecule has 0 aliphatic carbocycles. The molecule has 156 valence electrons. The molecular formula is C20H25BrN4O3S. The maximum atomic E-state index is 13.0. The monoisotopic (exact) mass is 480 g/mol. The highest BCUT2D eigenvalue weighted by Gasteiger charge is 2.21. The minimum Gasteiger partial charge on any atom is -0.292 e. The largest absolute Gasteiger partial charge is 0.330 e. The highest BCUT2D eigenvalue weighted by atomic mass is 79.9. The zero-order valence-electron chi connectivity index (χ0n) is 17.0. The van der Waals surface area contributed by atoms with Crippen LogP contribution in [0.15, 0.2) is 56.6 Å². The van der Waals surface area contributed by atoms with Crippen molar-refractivity contribution in [3.8, 4) is 0 Å². The summed E-state index contributed by atoms with van der Waals surface area (Å²) in [5.41, 5.74) is 2.32. The summed E-state index contributed by atoms with van der Waals surface area (Å²) in [4.78, 5) is 15.2. The highest BCUT2D eigenvalue weighted by Crippen LogP contribution is 2.21. The molecule has 2 aromatic carbocycles. The smallest absolute Gasteiger partial charge is 0.292 e. The molecule has 0 N–H and O–H groups in total. The Kier molecular flexibility index (Phi) is 6.33. The minimum absolute atomic E-state index is 0.149. The lowest BCUT2D eigenvalue weighted by molar-refractivity contribution is 0.259. The average Bonchev–Trinajstić information content (AvgIpc) is 2.94. The van der Waals surface area contributed by atoms with E-state index in [1.807, 2.05) is 43.1 Å². The predicted molar refractivity (Wildman–Crippen MR) is 118 cm³/mol. The Morgan fingerprint density at radius 2 is 1.62 bits per heavy atom. The zero-order chi connectivity index (χ0) is 21.3. The predicted octanol–water partition coefficient (Wildman–Crippen LogP) is 2.93. The van der Waals surface area contributed by atoms with Gasteiger partial charge in [0.2, 0.25) is 10.0 Å². The van der Waals surface area contributed by atoms with Crippen molar-refractivity contribution in [2.75, 3.05) is 21.1 Å². The summed E-state index contributed by atoms with van der Waals surface area (Å²) in [6, 6.07) is 12.9. The van der Waals surface area contributed by atoms with Crippen LogP contribution in [0.25, 0.3) is 11.0 Å². The molecule has 0 radical (unpaired) electrons. The summed E-state index contributed by atoms with van der Waals surface area (Å²) >= 11 is 3.43. The molecule has 9 heteroatoms. The number of halogens is 1. The van der Waals surface area contributed by atoms with E-state index in [-0.39, 0.29) is 10.6 Å². The van der Waals surface area contributed by atoms with Crippen LogP contribution in [0.4, 0.5) is 0 Å². The molecule has 1 heterocycles. The molecule has 3 aromatic rings. The first-order chi connectivity index (χ1) is 13.6. The average molecular weight is 481 g/mol. The number of imidazole rings is 1. The van der Waals surface area contributed by atoms with Gasteiger partial charge in [-0.1, -0.05) is 28.1 Å². The molecule has 0 aliphatic rings. The molecule has 0 saturated heterocycles. The molecule has 1 aromatic heterocycles. The maximum absolute atomic E-state index is 13.0.